The molecule has 27 heavy (non-hydrogen) atoms. The van der Waals surface area contributed by atoms with Crippen molar-refractivity contribution in [1.82, 2.24) is 15.1 Å². The van der Waals surface area contributed by atoms with Gasteiger partial charge in [-0.2, -0.15) is 5.10 Å². The number of aromatic amines is 1. The van der Waals surface area contributed by atoms with Gasteiger partial charge in [0.2, 0.25) is 5.91 Å². The van der Waals surface area contributed by atoms with Crippen molar-refractivity contribution in [3.63, 3.8) is 0 Å². The number of likely N-dealkylation sites (tertiary alicyclic amines) is 1. The molecule has 0 spiro atoms. The van der Waals surface area contributed by atoms with E-state index < -0.39 is 0 Å². The van der Waals surface area contributed by atoms with Gasteiger partial charge < -0.3 is 20.3 Å². The zero-order valence-electron chi connectivity index (χ0n) is 15.6. The fourth-order valence-corrected chi connectivity index (χ4v) is 3.27. The molecule has 3 rings (SSSR count). The van der Waals surface area contributed by atoms with Gasteiger partial charge in [0.05, 0.1) is 0 Å². The zero-order valence-corrected chi connectivity index (χ0v) is 15.6. The lowest BCUT2D eigenvalue weighted by Crippen LogP contribution is -2.41. The molecule has 8 heteroatoms. The smallest absolute Gasteiger partial charge is 0.321 e. The van der Waals surface area contributed by atoms with E-state index in [0.29, 0.717) is 17.9 Å². The van der Waals surface area contributed by atoms with Gasteiger partial charge >= 0.3 is 6.03 Å². The average Bonchev–Trinajstić information content (AvgIpc) is 3.19. The first-order valence-corrected chi connectivity index (χ1v) is 9.01. The topological polar surface area (TPSA) is 99.3 Å². The van der Waals surface area contributed by atoms with Crippen LogP contribution in [0.2, 0.25) is 0 Å². The quantitative estimate of drug-likeness (QED) is 0.752. The number of H-pyrrole nitrogens is 1. The highest BCUT2D eigenvalue weighted by Gasteiger charge is 2.25. The number of hydrogen-bond acceptors (Lipinski definition) is 4. The maximum Gasteiger partial charge on any atom is 0.321 e. The molecule has 1 atom stereocenters. The van der Waals surface area contributed by atoms with Crippen LogP contribution in [0.5, 0.6) is 0 Å². The second kappa shape index (κ2) is 8.68. The average molecular weight is 371 g/mol. The summed E-state index contributed by atoms with van der Waals surface area (Å²) in [5.41, 5.74) is 3.28. The van der Waals surface area contributed by atoms with Crippen molar-refractivity contribution in [2.45, 2.75) is 25.7 Å². The van der Waals surface area contributed by atoms with E-state index in [1.165, 1.54) is 7.11 Å². The van der Waals surface area contributed by atoms with Gasteiger partial charge in [0.1, 0.15) is 6.61 Å². The van der Waals surface area contributed by atoms with Crippen LogP contribution in [-0.4, -0.2) is 53.8 Å². The van der Waals surface area contributed by atoms with Crippen LogP contribution in [0.4, 0.5) is 16.2 Å². The summed E-state index contributed by atoms with van der Waals surface area (Å²) in [4.78, 5) is 26.3. The van der Waals surface area contributed by atoms with Gasteiger partial charge in [-0.1, -0.05) is 6.07 Å². The highest BCUT2D eigenvalue weighted by Crippen LogP contribution is 2.26. The predicted molar refractivity (Wildman–Crippen MR) is 103 cm³/mol. The van der Waals surface area contributed by atoms with Crippen molar-refractivity contribution in [3.8, 4) is 0 Å². The van der Waals surface area contributed by atoms with Gasteiger partial charge in [-0.3, -0.25) is 9.89 Å². The maximum absolute atomic E-state index is 12.8. The first-order chi connectivity index (χ1) is 13.1. The monoisotopic (exact) mass is 371 g/mol. The third-order valence-electron chi connectivity index (χ3n) is 4.71. The molecule has 0 unspecified atom stereocenters. The first kappa shape index (κ1) is 18.9. The fourth-order valence-electron chi connectivity index (χ4n) is 3.27. The molecule has 0 aliphatic carbocycles. The normalized spacial score (nSPS) is 16.8. The van der Waals surface area contributed by atoms with Gasteiger partial charge in [0.15, 0.2) is 0 Å². The lowest BCUT2D eigenvalue weighted by Gasteiger charge is -2.32. The van der Waals surface area contributed by atoms with Crippen LogP contribution in [-0.2, 0) is 9.53 Å². The zero-order chi connectivity index (χ0) is 19.2. The number of amides is 3. The van der Waals surface area contributed by atoms with Crippen LogP contribution in [0.15, 0.2) is 30.5 Å². The van der Waals surface area contributed by atoms with Gasteiger partial charge in [-0.15, -0.1) is 0 Å². The summed E-state index contributed by atoms with van der Waals surface area (Å²) in [6.07, 6.45) is 3.72. The standard InChI is InChI=1S/C19H25N5O3/c1-13-5-6-15(21-18(25)12-27-2)10-17(13)22-19(26)24-9-3-4-14(11-24)16-7-8-20-23-16/h5-8,10,14H,3-4,9,11-12H2,1-2H3,(H,20,23)(H,21,25)(H,22,26)/t14-/m0/s1. The van der Waals surface area contributed by atoms with E-state index in [2.05, 4.69) is 20.8 Å². The number of carbonyl (C=O) groups excluding carboxylic acids is 2. The van der Waals surface area contributed by atoms with Gasteiger partial charge in [0, 0.05) is 49.4 Å². The Bertz CT molecular complexity index is 791. The molecule has 1 saturated heterocycles. The number of benzene rings is 1. The molecule has 8 nitrogen and oxygen atoms in total. The Morgan fingerprint density at radius 1 is 1.33 bits per heavy atom. The molecule has 1 fully saturated rings. The molecule has 0 bridgehead atoms. The number of piperidine rings is 1. The Labute approximate surface area is 158 Å². The van der Waals surface area contributed by atoms with Crippen molar-refractivity contribution in [2.75, 3.05) is 37.4 Å². The third-order valence-corrected chi connectivity index (χ3v) is 4.71. The molecular weight excluding hydrogens is 346 g/mol. The molecule has 0 radical (unpaired) electrons. The van der Waals surface area contributed by atoms with E-state index in [0.717, 1.165) is 30.6 Å². The minimum Gasteiger partial charge on any atom is -0.375 e. The number of aryl methyl sites for hydroxylation is 1. The van der Waals surface area contributed by atoms with Gasteiger partial charge in [-0.25, -0.2) is 4.79 Å². The Kier molecular flexibility index (Phi) is 6.08. The summed E-state index contributed by atoms with van der Waals surface area (Å²) < 4.78 is 4.82. The van der Waals surface area contributed by atoms with E-state index in [1.54, 1.807) is 18.3 Å². The summed E-state index contributed by atoms with van der Waals surface area (Å²) in [5, 5.41) is 12.7. The van der Waals surface area contributed by atoms with E-state index >= 15 is 0 Å². The van der Waals surface area contributed by atoms with E-state index in [1.807, 2.05) is 24.0 Å². The lowest BCUT2D eigenvalue weighted by atomic mass is 9.95. The highest BCUT2D eigenvalue weighted by molar-refractivity contribution is 5.94. The van der Waals surface area contributed by atoms with Crippen molar-refractivity contribution < 1.29 is 14.3 Å². The molecule has 1 aliphatic heterocycles. The first-order valence-electron chi connectivity index (χ1n) is 9.01. The van der Waals surface area contributed by atoms with Gasteiger partial charge in [0.25, 0.3) is 0 Å². The Morgan fingerprint density at radius 3 is 2.93 bits per heavy atom. The molecular formula is C19H25N5O3. The number of urea groups is 1. The van der Waals surface area contributed by atoms with Gasteiger partial charge in [-0.05, 0) is 43.5 Å². The Morgan fingerprint density at radius 2 is 2.19 bits per heavy atom. The summed E-state index contributed by atoms with van der Waals surface area (Å²) in [7, 11) is 1.47. The van der Waals surface area contributed by atoms with Crippen LogP contribution < -0.4 is 10.6 Å². The van der Waals surface area contributed by atoms with E-state index in [4.69, 9.17) is 4.74 Å². The van der Waals surface area contributed by atoms with Crippen molar-refractivity contribution in [3.05, 3.63) is 41.7 Å². The molecule has 0 saturated carbocycles. The van der Waals surface area contributed by atoms with Crippen LogP contribution in [0.1, 0.15) is 30.0 Å². The summed E-state index contributed by atoms with van der Waals surface area (Å²) in [6.45, 7) is 3.27. The van der Waals surface area contributed by atoms with E-state index in [9.17, 15) is 9.59 Å². The molecule has 144 valence electrons. The minimum absolute atomic E-state index is 0.0155. The molecule has 1 aromatic carbocycles. The number of nitrogens with zero attached hydrogens (tertiary/aromatic N) is 2. The molecule has 3 N–H and O–H groups in total. The lowest BCUT2D eigenvalue weighted by molar-refractivity contribution is -0.119. The number of methoxy groups -OCH3 is 1. The number of rotatable bonds is 5. The highest BCUT2D eigenvalue weighted by atomic mass is 16.5. The Hall–Kier alpha value is -2.87. The summed E-state index contributed by atoms with van der Waals surface area (Å²) >= 11 is 0. The molecule has 1 aromatic heterocycles. The third kappa shape index (κ3) is 4.85. The minimum atomic E-state index is -0.239. The van der Waals surface area contributed by atoms with Crippen molar-refractivity contribution >= 4 is 23.3 Å². The maximum atomic E-state index is 12.8. The number of ether oxygens (including phenoxy) is 1. The van der Waals surface area contributed by atoms with Crippen LogP contribution in [0, 0.1) is 6.92 Å². The second-order valence-corrected chi connectivity index (χ2v) is 6.74. The number of nitrogens with one attached hydrogen (secondary N) is 3. The predicted octanol–water partition coefficient (Wildman–Crippen LogP) is 2.71. The number of hydrogen-bond donors (Lipinski definition) is 3. The van der Waals surface area contributed by atoms with Crippen LogP contribution >= 0.6 is 0 Å². The fraction of sp³-hybridized carbons (Fsp3) is 0.421. The largest absolute Gasteiger partial charge is 0.375 e. The molecule has 3 amide bonds. The summed E-state index contributed by atoms with van der Waals surface area (Å²) in [6, 6.07) is 7.25. The second-order valence-electron chi connectivity index (χ2n) is 6.74. The summed E-state index contributed by atoms with van der Waals surface area (Å²) in [5.74, 6) is 0.0322. The van der Waals surface area contributed by atoms with Crippen LogP contribution in [0.25, 0.3) is 0 Å². The number of carbonyl (C=O) groups is 2. The molecule has 2 aromatic rings. The van der Waals surface area contributed by atoms with E-state index in [-0.39, 0.29) is 24.5 Å². The number of anilines is 2. The Balaban J connectivity index is 1.65. The van der Waals surface area contributed by atoms with Crippen molar-refractivity contribution in [2.24, 2.45) is 0 Å². The molecule has 1 aliphatic rings. The van der Waals surface area contributed by atoms with Crippen LogP contribution in [0.3, 0.4) is 0 Å². The van der Waals surface area contributed by atoms with Crippen molar-refractivity contribution in [1.29, 1.82) is 0 Å². The number of aromatic nitrogens is 2. The molecule has 2 heterocycles. The SMILES string of the molecule is COCC(=O)Nc1ccc(C)c(NC(=O)N2CCC[C@H](c3ccn[nH]3)C2)c1.